The van der Waals surface area contributed by atoms with Gasteiger partial charge < -0.3 is 4.90 Å². The summed E-state index contributed by atoms with van der Waals surface area (Å²) < 4.78 is 0. The van der Waals surface area contributed by atoms with Crippen LogP contribution in [-0.2, 0) is 0 Å². The lowest BCUT2D eigenvalue weighted by molar-refractivity contribution is 0.100. The number of carbonyl (C=O) groups excluding carboxylic acids is 1. The summed E-state index contributed by atoms with van der Waals surface area (Å²) in [7, 11) is 3.98. The van der Waals surface area contributed by atoms with Crippen molar-refractivity contribution < 1.29 is 4.79 Å². The summed E-state index contributed by atoms with van der Waals surface area (Å²) in [6, 6.07) is 11.4. The van der Waals surface area contributed by atoms with Gasteiger partial charge in [-0.15, -0.1) is 0 Å². The minimum Gasteiger partial charge on any atom is -0.378 e. The third kappa shape index (κ3) is 3.75. The van der Waals surface area contributed by atoms with Crippen molar-refractivity contribution in [2.45, 2.75) is 6.42 Å². The van der Waals surface area contributed by atoms with E-state index in [-0.39, 0.29) is 12.2 Å². The Balaban J connectivity index is 1.95. The predicted octanol–water partition coefficient (Wildman–Crippen LogP) is 3.12. The van der Waals surface area contributed by atoms with E-state index in [9.17, 15) is 4.79 Å². The van der Waals surface area contributed by atoms with E-state index in [0.717, 1.165) is 11.4 Å². The first-order valence-electron chi connectivity index (χ1n) is 6.40. The number of anilines is 1. The zero-order valence-electron chi connectivity index (χ0n) is 11.7. The summed E-state index contributed by atoms with van der Waals surface area (Å²) in [5.41, 5.74) is 2.58. The van der Waals surface area contributed by atoms with Crippen molar-refractivity contribution in [2.75, 3.05) is 19.0 Å². The first kappa shape index (κ1) is 13.9. The van der Waals surface area contributed by atoms with Gasteiger partial charge in [-0.05, 0) is 36.4 Å². The summed E-state index contributed by atoms with van der Waals surface area (Å²) in [4.78, 5) is 22.1. The van der Waals surface area contributed by atoms with Crippen LogP contribution in [0, 0.1) is 0 Å². The average molecular weight is 267 g/mol. The molecule has 0 unspecified atom stereocenters. The van der Waals surface area contributed by atoms with Gasteiger partial charge in [-0.2, -0.15) is 0 Å². The molecule has 20 heavy (non-hydrogen) atoms. The Bertz CT molecular complexity index is 589. The normalized spacial score (nSPS) is 10.7. The van der Waals surface area contributed by atoms with E-state index < -0.39 is 0 Å². The molecule has 0 saturated carbocycles. The smallest absolute Gasteiger partial charge is 0.169 e. The highest BCUT2D eigenvalue weighted by atomic mass is 16.1. The van der Waals surface area contributed by atoms with Crippen molar-refractivity contribution in [3.63, 3.8) is 0 Å². The van der Waals surface area contributed by atoms with E-state index in [1.165, 1.54) is 0 Å². The highest BCUT2D eigenvalue weighted by molar-refractivity contribution is 6.03. The van der Waals surface area contributed by atoms with Gasteiger partial charge in [0.25, 0.3) is 0 Å². The van der Waals surface area contributed by atoms with E-state index in [0.29, 0.717) is 5.56 Å². The Morgan fingerprint density at radius 1 is 1.25 bits per heavy atom. The average Bonchev–Trinajstić information content (AvgIpc) is 2.48. The second-order valence-electron chi connectivity index (χ2n) is 4.59. The van der Waals surface area contributed by atoms with Crippen molar-refractivity contribution in [3.8, 4) is 0 Å². The number of aromatic nitrogens is 1. The van der Waals surface area contributed by atoms with Crippen molar-refractivity contribution in [1.29, 1.82) is 0 Å². The third-order valence-electron chi connectivity index (χ3n) is 2.87. The van der Waals surface area contributed by atoms with Gasteiger partial charge in [0.05, 0.1) is 5.69 Å². The molecule has 0 N–H and O–H groups in total. The molecule has 2 rings (SSSR count). The van der Waals surface area contributed by atoms with Crippen LogP contribution < -0.4 is 4.90 Å². The fraction of sp³-hybridized carbons (Fsp3) is 0.188. The first-order chi connectivity index (χ1) is 9.66. The second kappa shape index (κ2) is 6.61. The predicted molar refractivity (Wildman–Crippen MR) is 82.1 cm³/mol. The number of rotatable bonds is 5. The van der Waals surface area contributed by atoms with Crippen LogP contribution in [0.15, 0.2) is 53.8 Å². The molecule has 0 bridgehead atoms. The zero-order chi connectivity index (χ0) is 14.4. The molecule has 0 aliphatic carbocycles. The quantitative estimate of drug-likeness (QED) is 0.617. The lowest BCUT2D eigenvalue weighted by Gasteiger charge is -2.11. The molecule has 0 spiro atoms. The third-order valence-corrected chi connectivity index (χ3v) is 2.87. The molecule has 0 aliphatic rings. The van der Waals surface area contributed by atoms with Crippen LogP contribution in [0.4, 0.5) is 11.4 Å². The molecule has 0 atom stereocenters. The molecule has 1 heterocycles. The Hall–Kier alpha value is -2.49. The fourth-order valence-corrected chi connectivity index (χ4v) is 1.72. The molecular formula is C16H17N3O. The standard InChI is InChI=1S/C16H17N3O/c1-19(2)15-7-5-14(6-8-15)18-11-9-16(20)13-4-3-10-17-12-13/h3-8,10-12H,9H2,1-2H3. The largest absolute Gasteiger partial charge is 0.378 e. The zero-order valence-corrected chi connectivity index (χ0v) is 11.7. The molecule has 0 saturated heterocycles. The lowest BCUT2D eigenvalue weighted by Crippen LogP contribution is -2.07. The molecule has 102 valence electrons. The van der Waals surface area contributed by atoms with Crippen LogP contribution in [0.25, 0.3) is 0 Å². The van der Waals surface area contributed by atoms with Gasteiger partial charge in [-0.3, -0.25) is 14.8 Å². The summed E-state index contributed by atoms with van der Waals surface area (Å²) in [5, 5.41) is 0. The van der Waals surface area contributed by atoms with Crippen LogP contribution >= 0.6 is 0 Å². The molecule has 0 fully saturated rings. The van der Waals surface area contributed by atoms with Crippen LogP contribution in [0.5, 0.6) is 0 Å². The minimum absolute atomic E-state index is 0.0201. The molecule has 1 aromatic heterocycles. The van der Waals surface area contributed by atoms with Gasteiger partial charge in [0, 0.05) is 50.4 Å². The highest BCUT2D eigenvalue weighted by Crippen LogP contribution is 2.17. The van der Waals surface area contributed by atoms with E-state index in [1.54, 1.807) is 30.7 Å². The number of hydrogen-bond donors (Lipinski definition) is 0. The van der Waals surface area contributed by atoms with Crippen molar-refractivity contribution in [2.24, 2.45) is 4.99 Å². The number of ketones is 1. The Morgan fingerprint density at radius 2 is 2.00 bits per heavy atom. The molecule has 4 nitrogen and oxygen atoms in total. The summed E-state index contributed by atoms with van der Waals surface area (Å²) in [6.07, 6.45) is 5.14. The maximum Gasteiger partial charge on any atom is 0.169 e. The van der Waals surface area contributed by atoms with Crippen LogP contribution in [-0.4, -0.2) is 31.1 Å². The number of carbonyl (C=O) groups is 1. The second-order valence-corrected chi connectivity index (χ2v) is 4.59. The highest BCUT2D eigenvalue weighted by Gasteiger charge is 2.02. The van der Waals surface area contributed by atoms with Gasteiger partial charge in [0.1, 0.15) is 0 Å². The van der Waals surface area contributed by atoms with Crippen LogP contribution in [0.3, 0.4) is 0 Å². The van der Waals surface area contributed by atoms with E-state index in [2.05, 4.69) is 9.98 Å². The van der Waals surface area contributed by atoms with Crippen LogP contribution in [0.2, 0.25) is 0 Å². The van der Waals surface area contributed by atoms with Gasteiger partial charge in [-0.25, -0.2) is 0 Å². The SMILES string of the molecule is CN(C)c1ccc(N=CCC(=O)c2cccnc2)cc1. The van der Waals surface area contributed by atoms with Gasteiger partial charge >= 0.3 is 0 Å². The number of nitrogens with zero attached hydrogens (tertiary/aromatic N) is 3. The molecule has 4 heteroatoms. The molecular weight excluding hydrogens is 250 g/mol. The maximum absolute atomic E-state index is 11.8. The number of aliphatic imine (C=N–C) groups is 1. The molecule has 0 radical (unpaired) electrons. The number of benzene rings is 1. The van der Waals surface area contributed by atoms with Crippen molar-refractivity contribution in [1.82, 2.24) is 4.98 Å². The van der Waals surface area contributed by atoms with Gasteiger partial charge in [0.15, 0.2) is 5.78 Å². The topological polar surface area (TPSA) is 45.6 Å². The molecule has 0 aliphatic heterocycles. The molecule has 0 amide bonds. The lowest BCUT2D eigenvalue weighted by atomic mass is 10.1. The number of Topliss-reactive ketones (excluding diaryl/α,β-unsaturated/α-hetero) is 1. The van der Waals surface area contributed by atoms with E-state index >= 15 is 0 Å². The Labute approximate surface area is 118 Å². The van der Waals surface area contributed by atoms with Crippen molar-refractivity contribution in [3.05, 3.63) is 54.4 Å². The van der Waals surface area contributed by atoms with Crippen molar-refractivity contribution >= 4 is 23.4 Å². The van der Waals surface area contributed by atoms with Gasteiger partial charge in [-0.1, -0.05) is 0 Å². The molecule has 2 aromatic rings. The Kier molecular flexibility index (Phi) is 4.60. The summed E-state index contributed by atoms with van der Waals surface area (Å²) in [5.74, 6) is 0.0201. The minimum atomic E-state index is 0.0201. The first-order valence-corrected chi connectivity index (χ1v) is 6.40. The summed E-state index contributed by atoms with van der Waals surface area (Å²) in [6.45, 7) is 0. The number of hydrogen-bond acceptors (Lipinski definition) is 4. The van der Waals surface area contributed by atoms with E-state index in [1.807, 2.05) is 43.3 Å². The Morgan fingerprint density at radius 3 is 2.60 bits per heavy atom. The summed E-state index contributed by atoms with van der Waals surface area (Å²) >= 11 is 0. The van der Waals surface area contributed by atoms with Crippen LogP contribution in [0.1, 0.15) is 16.8 Å². The maximum atomic E-state index is 11.8. The monoisotopic (exact) mass is 267 g/mol. The van der Waals surface area contributed by atoms with E-state index in [4.69, 9.17) is 0 Å². The molecule has 1 aromatic carbocycles. The fourth-order valence-electron chi connectivity index (χ4n) is 1.72. The van der Waals surface area contributed by atoms with Gasteiger partial charge in [0.2, 0.25) is 0 Å². The number of pyridine rings is 1.